The lowest BCUT2D eigenvalue weighted by molar-refractivity contribution is -0.129. The number of hydrogen-bond acceptors (Lipinski definition) is 2. The molecule has 0 saturated carbocycles. The number of carbonyl (C=O) groups excluding carboxylic acids is 1. The molecule has 0 aliphatic carbocycles. The van der Waals surface area contributed by atoms with Gasteiger partial charge in [0.2, 0.25) is 5.91 Å². The van der Waals surface area contributed by atoms with Crippen LogP contribution >= 0.6 is 0 Å². The summed E-state index contributed by atoms with van der Waals surface area (Å²) >= 11 is 0. The number of rotatable bonds is 4. The van der Waals surface area contributed by atoms with Gasteiger partial charge in [-0.05, 0) is 12.0 Å². The zero-order valence-electron chi connectivity index (χ0n) is 8.29. The van der Waals surface area contributed by atoms with Crippen molar-refractivity contribution in [3.8, 4) is 0 Å². The summed E-state index contributed by atoms with van der Waals surface area (Å²) in [4.78, 5) is 10.7. The second-order valence-electron chi connectivity index (χ2n) is 3.21. The summed E-state index contributed by atoms with van der Waals surface area (Å²) in [5, 5.41) is 8.30. The molecule has 0 fully saturated rings. The fourth-order valence-corrected chi connectivity index (χ4v) is 1.26. The summed E-state index contributed by atoms with van der Waals surface area (Å²) in [5.41, 5.74) is 4.03. The van der Waals surface area contributed by atoms with Crippen molar-refractivity contribution in [1.29, 1.82) is 0 Å². The van der Waals surface area contributed by atoms with Crippen molar-refractivity contribution in [1.82, 2.24) is 5.48 Å². The minimum Gasteiger partial charge on any atom is -0.289 e. The van der Waals surface area contributed by atoms with Gasteiger partial charge >= 0.3 is 0 Å². The Kier molecular flexibility index (Phi) is 4.20. The summed E-state index contributed by atoms with van der Waals surface area (Å²) in [6.07, 6.45) is 0.984. The van der Waals surface area contributed by atoms with Crippen molar-refractivity contribution >= 4 is 18.6 Å². The van der Waals surface area contributed by atoms with E-state index < -0.39 is 0 Å². The van der Waals surface area contributed by atoms with Gasteiger partial charge in [-0.25, -0.2) is 5.48 Å². The molecule has 0 aliphatic heterocycles. The van der Waals surface area contributed by atoms with Crippen LogP contribution in [0.2, 0.25) is 6.82 Å². The molecule has 2 N–H and O–H groups in total. The third-order valence-electron chi connectivity index (χ3n) is 2.20. The lowest BCUT2D eigenvalue weighted by Crippen LogP contribution is -2.18. The summed E-state index contributed by atoms with van der Waals surface area (Å²) in [6.45, 7) is 2.11. The Morgan fingerprint density at radius 2 is 2.07 bits per heavy atom. The Morgan fingerprint density at radius 3 is 2.57 bits per heavy atom. The molecule has 0 radical (unpaired) electrons. The highest BCUT2D eigenvalue weighted by molar-refractivity contribution is 6.51. The van der Waals surface area contributed by atoms with Gasteiger partial charge in [0.1, 0.15) is 0 Å². The molecule has 0 spiro atoms. The van der Waals surface area contributed by atoms with E-state index in [-0.39, 0.29) is 5.91 Å². The van der Waals surface area contributed by atoms with Gasteiger partial charge in [-0.15, -0.1) is 0 Å². The summed E-state index contributed by atoms with van der Waals surface area (Å²) in [7, 11) is 1.03. The van der Waals surface area contributed by atoms with Crippen molar-refractivity contribution in [3.05, 3.63) is 29.8 Å². The van der Waals surface area contributed by atoms with Crippen LogP contribution in [0, 0.1) is 0 Å². The topological polar surface area (TPSA) is 49.3 Å². The Labute approximate surface area is 84.3 Å². The number of nitrogens with one attached hydrogen (secondary N) is 1. The van der Waals surface area contributed by atoms with E-state index >= 15 is 0 Å². The molecule has 0 aliphatic rings. The summed E-state index contributed by atoms with van der Waals surface area (Å²) in [6, 6.07) is 8.16. The molecular weight excluding hydrogens is 177 g/mol. The number of amides is 1. The second kappa shape index (κ2) is 5.45. The highest BCUT2D eigenvalue weighted by Crippen LogP contribution is 2.00. The van der Waals surface area contributed by atoms with Crippen LogP contribution in [0.3, 0.4) is 0 Å². The third kappa shape index (κ3) is 3.22. The van der Waals surface area contributed by atoms with Crippen molar-refractivity contribution in [2.75, 3.05) is 0 Å². The van der Waals surface area contributed by atoms with Gasteiger partial charge in [-0.1, -0.05) is 36.6 Å². The van der Waals surface area contributed by atoms with Crippen LogP contribution in [-0.2, 0) is 11.2 Å². The van der Waals surface area contributed by atoms with Gasteiger partial charge in [0.15, 0.2) is 7.28 Å². The Balaban J connectivity index is 2.47. The van der Waals surface area contributed by atoms with Crippen LogP contribution in [0.1, 0.15) is 12.0 Å². The number of hydrogen-bond donors (Lipinski definition) is 2. The van der Waals surface area contributed by atoms with E-state index in [1.165, 1.54) is 5.46 Å². The number of benzene rings is 1. The molecule has 4 heteroatoms. The highest BCUT2D eigenvalue weighted by atomic mass is 16.5. The maximum absolute atomic E-state index is 10.7. The summed E-state index contributed by atoms with van der Waals surface area (Å²) < 4.78 is 0. The standard InChI is InChI=1S/C10H14BNO2/c1-11-9-5-2-8(3-6-9)4-7-10(13)12-14/h2-3,5-6,11,14H,4,7H2,1H3,(H,12,13). The molecule has 1 rings (SSSR count). The molecule has 0 unspecified atom stereocenters. The van der Waals surface area contributed by atoms with Crippen LogP contribution in [0.15, 0.2) is 24.3 Å². The van der Waals surface area contributed by atoms with Gasteiger partial charge in [0.25, 0.3) is 0 Å². The first-order valence-electron chi connectivity index (χ1n) is 4.77. The molecule has 0 aromatic heterocycles. The molecule has 1 aromatic rings. The molecule has 3 nitrogen and oxygen atoms in total. The van der Waals surface area contributed by atoms with Gasteiger partial charge in [-0.3, -0.25) is 10.0 Å². The van der Waals surface area contributed by atoms with Crippen LogP contribution in [0.25, 0.3) is 0 Å². The predicted molar refractivity (Wildman–Crippen MR) is 57.3 cm³/mol. The fourth-order valence-electron chi connectivity index (χ4n) is 1.26. The van der Waals surface area contributed by atoms with Crippen LogP contribution in [-0.4, -0.2) is 18.4 Å². The molecule has 14 heavy (non-hydrogen) atoms. The van der Waals surface area contributed by atoms with E-state index in [2.05, 4.69) is 19.0 Å². The van der Waals surface area contributed by atoms with E-state index in [1.807, 2.05) is 12.1 Å². The molecule has 0 bridgehead atoms. The maximum atomic E-state index is 10.7. The van der Waals surface area contributed by atoms with Gasteiger partial charge in [0.05, 0.1) is 0 Å². The molecular formula is C10H14BNO2. The van der Waals surface area contributed by atoms with Crippen molar-refractivity contribution in [3.63, 3.8) is 0 Å². The highest BCUT2D eigenvalue weighted by Gasteiger charge is 2.00. The normalized spacial score (nSPS) is 9.57. The first kappa shape index (κ1) is 10.8. The van der Waals surface area contributed by atoms with Crippen molar-refractivity contribution in [2.45, 2.75) is 19.7 Å². The zero-order valence-corrected chi connectivity index (χ0v) is 8.29. The van der Waals surface area contributed by atoms with Crippen LogP contribution in [0.4, 0.5) is 0 Å². The van der Waals surface area contributed by atoms with Gasteiger partial charge in [-0.2, -0.15) is 0 Å². The Hall–Kier alpha value is -1.29. The van der Waals surface area contributed by atoms with E-state index in [9.17, 15) is 4.79 Å². The molecule has 1 amide bonds. The Bertz CT molecular complexity index is 297. The van der Waals surface area contributed by atoms with Gasteiger partial charge in [0, 0.05) is 6.42 Å². The van der Waals surface area contributed by atoms with E-state index in [1.54, 1.807) is 5.48 Å². The average Bonchev–Trinajstić information content (AvgIpc) is 2.26. The maximum Gasteiger partial charge on any atom is 0.243 e. The van der Waals surface area contributed by atoms with Crippen LogP contribution < -0.4 is 10.9 Å². The first-order chi connectivity index (χ1) is 6.76. The molecule has 0 atom stereocenters. The van der Waals surface area contributed by atoms with E-state index in [0.29, 0.717) is 12.8 Å². The largest absolute Gasteiger partial charge is 0.289 e. The monoisotopic (exact) mass is 191 g/mol. The smallest absolute Gasteiger partial charge is 0.243 e. The third-order valence-corrected chi connectivity index (χ3v) is 2.20. The minimum absolute atomic E-state index is 0.321. The van der Waals surface area contributed by atoms with Crippen molar-refractivity contribution in [2.24, 2.45) is 0 Å². The van der Waals surface area contributed by atoms with Crippen molar-refractivity contribution < 1.29 is 10.0 Å². The lowest BCUT2D eigenvalue weighted by atomic mass is 9.73. The molecule has 0 saturated heterocycles. The zero-order chi connectivity index (χ0) is 10.4. The number of aryl methyl sites for hydroxylation is 1. The predicted octanol–water partition coefficient (Wildman–Crippen LogP) is 0.234. The first-order valence-corrected chi connectivity index (χ1v) is 4.77. The van der Waals surface area contributed by atoms with Crippen LogP contribution in [0.5, 0.6) is 0 Å². The second-order valence-corrected chi connectivity index (χ2v) is 3.21. The fraction of sp³-hybridized carbons (Fsp3) is 0.300. The minimum atomic E-state index is -0.343. The Morgan fingerprint density at radius 1 is 1.43 bits per heavy atom. The molecule has 0 heterocycles. The number of hydroxylamine groups is 1. The molecule has 1 aromatic carbocycles. The average molecular weight is 191 g/mol. The van der Waals surface area contributed by atoms with E-state index in [0.717, 1.165) is 12.8 Å². The molecule has 74 valence electrons. The van der Waals surface area contributed by atoms with Gasteiger partial charge < -0.3 is 0 Å². The quantitative estimate of drug-likeness (QED) is 0.406. The SMILES string of the molecule is CBc1ccc(CCC(=O)NO)cc1. The number of carbonyl (C=O) groups is 1. The lowest BCUT2D eigenvalue weighted by Gasteiger charge is -2.01. The van der Waals surface area contributed by atoms with E-state index in [4.69, 9.17) is 5.21 Å². The summed E-state index contributed by atoms with van der Waals surface area (Å²) in [5.74, 6) is -0.343.